The number of rotatable bonds is 5. The minimum absolute atomic E-state index is 0.206. The molecule has 0 bridgehead atoms. The van der Waals surface area contributed by atoms with Crippen LogP contribution in [0.15, 0.2) is 77.8 Å². The Morgan fingerprint density at radius 3 is 2.39 bits per heavy atom. The Morgan fingerprint density at radius 2 is 1.64 bits per heavy atom. The summed E-state index contributed by atoms with van der Waals surface area (Å²) in [7, 11) is 0. The summed E-state index contributed by atoms with van der Waals surface area (Å²) >= 11 is 0. The van der Waals surface area contributed by atoms with Crippen molar-refractivity contribution in [3.05, 3.63) is 89.5 Å². The monoisotopic (exact) mass is 369 g/mol. The molecule has 28 heavy (non-hydrogen) atoms. The Hall–Kier alpha value is -3.73. The van der Waals surface area contributed by atoms with Crippen LogP contribution in [0.5, 0.6) is 0 Å². The third-order valence-electron chi connectivity index (χ3n) is 4.58. The fraction of sp³-hybridized carbons (Fsp3) is 0.0870. The number of ether oxygens (including phenoxy) is 1. The molecule has 1 saturated heterocycles. The van der Waals surface area contributed by atoms with E-state index in [4.69, 9.17) is 10.1 Å². The molecule has 0 aliphatic carbocycles. The van der Waals surface area contributed by atoms with Crippen molar-refractivity contribution in [2.75, 3.05) is 6.54 Å². The number of amidine groups is 1. The van der Waals surface area contributed by atoms with E-state index in [0.29, 0.717) is 6.54 Å². The van der Waals surface area contributed by atoms with E-state index in [1.54, 1.807) is 0 Å². The molecule has 1 amide bonds. The standard InChI is InChI=1S/C23H19N3O2/c24-15-18-13-12-16(19-10-4-5-11-20(18)19)9-6-14-25-23-26-22(27)21(28-23)17-7-2-1-3-8-17/h1-13,15,21,24H,14H2,(H,25,26,27)/b9-6+,24-15?. The van der Waals surface area contributed by atoms with Crippen LogP contribution in [0.1, 0.15) is 22.8 Å². The molecule has 1 unspecified atom stereocenters. The topological polar surface area (TPSA) is 74.5 Å². The van der Waals surface area contributed by atoms with Crippen molar-refractivity contribution in [3.63, 3.8) is 0 Å². The predicted octanol–water partition coefficient (Wildman–Crippen LogP) is 4.09. The lowest BCUT2D eigenvalue weighted by molar-refractivity contribution is -0.123. The van der Waals surface area contributed by atoms with E-state index in [0.717, 1.165) is 27.5 Å². The number of hydrogen-bond acceptors (Lipinski definition) is 4. The van der Waals surface area contributed by atoms with Crippen LogP contribution in [-0.2, 0) is 9.53 Å². The maximum atomic E-state index is 12.1. The highest BCUT2D eigenvalue weighted by Crippen LogP contribution is 2.23. The lowest BCUT2D eigenvalue weighted by Gasteiger charge is -2.06. The van der Waals surface area contributed by atoms with Gasteiger partial charge in [0.2, 0.25) is 6.10 Å². The van der Waals surface area contributed by atoms with E-state index < -0.39 is 6.10 Å². The third kappa shape index (κ3) is 3.55. The van der Waals surface area contributed by atoms with Crippen LogP contribution in [0, 0.1) is 5.41 Å². The molecule has 1 fully saturated rings. The van der Waals surface area contributed by atoms with E-state index in [-0.39, 0.29) is 11.9 Å². The number of amides is 1. The van der Waals surface area contributed by atoms with E-state index in [1.807, 2.05) is 78.9 Å². The van der Waals surface area contributed by atoms with Crippen LogP contribution in [0.25, 0.3) is 16.8 Å². The zero-order valence-corrected chi connectivity index (χ0v) is 15.1. The summed E-state index contributed by atoms with van der Waals surface area (Å²) in [5.74, 6) is -0.206. The van der Waals surface area contributed by atoms with Crippen LogP contribution in [0.3, 0.4) is 0 Å². The fourth-order valence-electron chi connectivity index (χ4n) is 3.22. The van der Waals surface area contributed by atoms with Gasteiger partial charge in [0.1, 0.15) is 0 Å². The third-order valence-corrected chi connectivity index (χ3v) is 4.58. The predicted molar refractivity (Wildman–Crippen MR) is 112 cm³/mol. The molecular formula is C23H19N3O2. The number of carbonyl (C=O) groups excluding carboxylic acids is 1. The molecule has 5 nitrogen and oxygen atoms in total. The highest BCUT2D eigenvalue weighted by molar-refractivity contribution is 6.03. The number of carbonyl (C=O) groups is 1. The molecule has 0 aromatic heterocycles. The number of fused-ring (bicyclic) bond motifs is 1. The van der Waals surface area contributed by atoms with Crippen LogP contribution in [0.2, 0.25) is 0 Å². The van der Waals surface area contributed by atoms with Crippen molar-refractivity contribution in [2.24, 2.45) is 4.99 Å². The van der Waals surface area contributed by atoms with E-state index in [2.05, 4.69) is 10.3 Å². The number of nitrogens with one attached hydrogen (secondary N) is 2. The van der Waals surface area contributed by atoms with Gasteiger partial charge in [-0.25, -0.2) is 4.99 Å². The van der Waals surface area contributed by atoms with Gasteiger partial charge in [0.15, 0.2) is 0 Å². The Morgan fingerprint density at radius 1 is 0.964 bits per heavy atom. The summed E-state index contributed by atoms with van der Waals surface area (Å²) in [6, 6.07) is 21.5. The minimum atomic E-state index is -0.651. The van der Waals surface area contributed by atoms with Crippen LogP contribution >= 0.6 is 0 Å². The summed E-state index contributed by atoms with van der Waals surface area (Å²) in [4.78, 5) is 16.4. The SMILES string of the molecule is N=Cc1ccc(/C=C/CN=C2NC(=O)C(c3ccccc3)O2)c2ccccc12. The van der Waals surface area contributed by atoms with Gasteiger partial charge in [-0.2, -0.15) is 0 Å². The van der Waals surface area contributed by atoms with Crippen LogP contribution < -0.4 is 5.32 Å². The first kappa shape index (κ1) is 17.7. The molecule has 138 valence electrons. The zero-order chi connectivity index (χ0) is 19.3. The van der Waals surface area contributed by atoms with Gasteiger partial charge in [-0.3, -0.25) is 10.1 Å². The molecule has 0 radical (unpaired) electrons. The molecule has 5 heteroatoms. The van der Waals surface area contributed by atoms with Crippen molar-refractivity contribution < 1.29 is 9.53 Å². The summed E-state index contributed by atoms with van der Waals surface area (Å²) in [6.07, 6.45) is 4.63. The first-order chi connectivity index (χ1) is 13.8. The second-order valence-electron chi connectivity index (χ2n) is 6.38. The molecule has 1 atom stereocenters. The number of benzene rings is 3. The number of nitrogens with zero attached hydrogens (tertiary/aromatic N) is 1. The molecular weight excluding hydrogens is 350 g/mol. The summed E-state index contributed by atoms with van der Waals surface area (Å²) < 4.78 is 5.64. The maximum Gasteiger partial charge on any atom is 0.292 e. The first-order valence-electron chi connectivity index (χ1n) is 9.02. The van der Waals surface area contributed by atoms with Gasteiger partial charge in [-0.15, -0.1) is 0 Å². The van der Waals surface area contributed by atoms with Gasteiger partial charge in [0.05, 0.1) is 6.54 Å². The van der Waals surface area contributed by atoms with Crippen molar-refractivity contribution in [2.45, 2.75) is 6.10 Å². The second kappa shape index (κ2) is 7.88. The lowest BCUT2D eigenvalue weighted by atomic mass is 10.00. The van der Waals surface area contributed by atoms with Crippen molar-refractivity contribution in [3.8, 4) is 0 Å². The number of aliphatic imine (C=N–C) groups is 1. The van der Waals surface area contributed by atoms with Crippen molar-refractivity contribution in [1.82, 2.24) is 5.32 Å². The van der Waals surface area contributed by atoms with Crippen LogP contribution in [0.4, 0.5) is 0 Å². The van der Waals surface area contributed by atoms with Gasteiger partial charge >= 0.3 is 0 Å². The van der Waals surface area contributed by atoms with Gasteiger partial charge in [-0.05, 0) is 21.9 Å². The van der Waals surface area contributed by atoms with Gasteiger partial charge < -0.3 is 10.1 Å². The Bertz CT molecular complexity index is 1090. The van der Waals surface area contributed by atoms with Crippen molar-refractivity contribution in [1.29, 1.82) is 5.41 Å². The van der Waals surface area contributed by atoms with Gasteiger partial charge in [-0.1, -0.05) is 78.9 Å². The maximum absolute atomic E-state index is 12.1. The molecule has 4 rings (SSSR count). The quantitative estimate of drug-likeness (QED) is 0.665. The van der Waals surface area contributed by atoms with Gasteiger partial charge in [0.25, 0.3) is 11.9 Å². The molecule has 3 aromatic rings. The minimum Gasteiger partial charge on any atom is -0.447 e. The second-order valence-corrected chi connectivity index (χ2v) is 6.38. The molecule has 3 aromatic carbocycles. The number of hydrogen-bond donors (Lipinski definition) is 2. The lowest BCUT2D eigenvalue weighted by Crippen LogP contribution is -2.22. The summed E-state index contributed by atoms with van der Waals surface area (Å²) in [5.41, 5.74) is 2.75. The largest absolute Gasteiger partial charge is 0.447 e. The average Bonchev–Trinajstić information content (AvgIpc) is 3.12. The Labute approximate surface area is 162 Å². The van der Waals surface area contributed by atoms with Crippen LogP contribution in [-0.4, -0.2) is 24.7 Å². The normalized spacial score (nSPS) is 17.8. The van der Waals surface area contributed by atoms with E-state index in [1.165, 1.54) is 6.21 Å². The molecule has 2 N–H and O–H groups in total. The first-order valence-corrected chi connectivity index (χ1v) is 9.02. The zero-order valence-electron chi connectivity index (χ0n) is 15.1. The highest BCUT2D eigenvalue weighted by atomic mass is 16.5. The van der Waals surface area contributed by atoms with Gasteiger partial charge in [0, 0.05) is 11.8 Å². The van der Waals surface area contributed by atoms with E-state index >= 15 is 0 Å². The van der Waals surface area contributed by atoms with E-state index in [9.17, 15) is 4.79 Å². The van der Waals surface area contributed by atoms with Crippen molar-refractivity contribution >= 4 is 35.0 Å². The molecule has 1 aliphatic rings. The highest BCUT2D eigenvalue weighted by Gasteiger charge is 2.31. The summed E-state index contributed by atoms with van der Waals surface area (Å²) in [5, 5.41) is 12.4. The molecule has 1 aliphatic heterocycles. The average molecular weight is 369 g/mol. The molecule has 1 heterocycles. The Balaban J connectivity index is 1.47. The fourth-order valence-corrected chi connectivity index (χ4v) is 3.22. The summed E-state index contributed by atoms with van der Waals surface area (Å²) in [6.45, 7) is 0.387. The molecule has 0 saturated carbocycles. The molecule has 0 spiro atoms. The Kier molecular flexibility index (Phi) is 4.97. The smallest absolute Gasteiger partial charge is 0.292 e.